The second-order valence-electron chi connectivity index (χ2n) is 4.99. The molecule has 1 amide bonds. The van der Waals surface area contributed by atoms with Crippen molar-refractivity contribution in [2.24, 2.45) is 0 Å². The lowest BCUT2D eigenvalue weighted by Crippen LogP contribution is -2.44. The van der Waals surface area contributed by atoms with E-state index in [1.165, 1.54) is 11.1 Å². The molecule has 2 heterocycles. The Morgan fingerprint density at radius 1 is 1.14 bits per heavy atom. The summed E-state index contributed by atoms with van der Waals surface area (Å²) in [6, 6.07) is 13.8. The van der Waals surface area contributed by atoms with E-state index < -0.39 is 0 Å². The van der Waals surface area contributed by atoms with Gasteiger partial charge in [0, 0.05) is 25.5 Å². The van der Waals surface area contributed by atoms with Gasteiger partial charge in [0.2, 0.25) is 0 Å². The Labute approximate surface area is 124 Å². The minimum atomic E-state index is -0.114. The molecule has 2 aromatic rings. The first-order valence-corrected chi connectivity index (χ1v) is 7.03. The molecule has 1 N–H and O–H groups in total. The Morgan fingerprint density at radius 3 is 2.76 bits per heavy atom. The van der Waals surface area contributed by atoms with Crippen LogP contribution in [0.5, 0.6) is 0 Å². The summed E-state index contributed by atoms with van der Waals surface area (Å²) in [4.78, 5) is 16.1. The molecule has 0 fully saturated rings. The van der Waals surface area contributed by atoms with Crippen molar-refractivity contribution in [2.45, 2.75) is 6.42 Å². The highest BCUT2D eigenvalue weighted by Gasteiger charge is 2.16. The third-order valence-electron chi connectivity index (χ3n) is 3.48. The van der Waals surface area contributed by atoms with Gasteiger partial charge in [0.05, 0.1) is 5.56 Å². The van der Waals surface area contributed by atoms with Crippen LogP contribution in [0.1, 0.15) is 22.3 Å². The molecule has 0 spiro atoms. The summed E-state index contributed by atoms with van der Waals surface area (Å²) in [6.45, 7) is 1.54. The monoisotopic (exact) mass is 279 g/mol. The van der Waals surface area contributed by atoms with Gasteiger partial charge >= 0.3 is 0 Å². The van der Waals surface area contributed by atoms with Crippen molar-refractivity contribution >= 4 is 11.5 Å². The van der Waals surface area contributed by atoms with E-state index in [-0.39, 0.29) is 5.91 Å². The molecule has 3 rings (SSSR count). The molecular weight excluding hydrogens is 262 g/mol. The second kappa shape index (κ2) is 6.33. The number of carbonyl (C=O) groups excluding carboxylic acids is 1. The number of pyridine rings is 1. The molecule has 0 radical (unpaired) electrons. The Kier molecular flexibility index (Phi) is 4.07. The lowest BCUT2D eigenvalue weighted by Gasteiger charge is -2.27. The SMILES string of the molecule is O=C(NN1CCC=C(c2ccccc2)C1)c1cccnc1. The van der Waals surface area contributed by atoms with Crippen molar-refractivity contribution in [1.82, 2.24) is 15.4 Å². The Morgan fingerprint density at radius 2 is 2.00 bits per heavy atom. The average Bonchev–Trinajstić information content (AvgIpc) is 2.57. The first-order valence-electron chi connectivity index (χ1n) is 7.03. The van der Waals surface area contributed by atoms with Gasteiger partial charge in [-0.05, 0) is 29.7 Å². The van der Waals surface area contributed by atoms with Crippen LogP contribution in [-0.4, -0.2) is 29.0 Å². The second-order valence-corrected chi connectivity index (χ2v) is 4.99. The fourth-order valence-electron chi connectivity index (χ4n) is 2.41. The predicted octanol–water partition coefficient (Wildman–Crippen LogP) is 2.52. The molecule has 0 saturated heterocycles. The number of hydrazine groups is 1. The van der Waals surface area contributed by atoms with Crippen molar-refractivity contribution in [3.63, 3.8) is 0 Å². The summed E-state index contributed by atoms with van der Waals surface area (Å²) < 4.78 is 0. The maximum atomic E-state index is 12.1. The molecule has 106 valence electrons. The van der Waals surface area contributed by atoms with Crippen molar-refractivity contribution < 1.29 is 4.79 Å². The number of nitrogens with one attached hydrogen (secondary N) is 1. The molecule has 1 aliphatic rings. The number of carbonyl (C=O) groups is 1. The van der Waals surface area contributed by atoms with E-state index in [1.807, 2.05) is 23.2 Å². The van der Waals surface area contributed by atoms with Crippen LogP contribution >= 0.6 is 0 Å². The van der Waals surface area contributed by atoms with E-state index in [1.54, 1.807) is 24.5 Å². The highest BCUT2D eigenvalue weighted by atomic mass is 16.2. The number of hydrogen-bond acceptors (Lipinski definition) is 3. The zero-order valence-electron chi connectivity index (χ0n) is 11.7. The third-order valence-corrected chi connectivity index (χ3v) is 3.48. The van der Waals surface area contributed by atoms with Gasteiger partial charge in [-0.15, -0.1) is 0 Å². The van der Waals surface area contributed by atoms with Crippen LogP contribution in [-0.2, 0) is 0 Å². The minimum Gasteiger partial charge on any atom is -0.284 e. The maximum absolute atomic E-state index is 12.1. The number of amides is 1. The molecule has 0 atom stereocenters. The van der Waals surface area contributed by atoms with Crippen molar-refractivity contribution in [1.29, 1.82) is 0 Å². The number of nitrogens with zero attached hydrogens (tertiary/aromatic N) is 2. The maximum Gasteiger partial charge on any atom is 0.267 e. The average molecular weight is 279 g/mol. The Bertz CT molecular complexity index is 638. The Balaban J connectivity index is 1.66. The molecule has 1 aliphatic heterocycles. The molecule has 4 heteroatoms. The molecule has 0 saturated carbocycles. The molecule has 1 aromatic carbocycles. The normalized spacial score (nSPS) is 15.3. The van der Waals surface area contributed by atoms with Gasteiger partial charge < -0.3 is 0 Å². The first-order chi connectivity index (χ1) is 10.3. The Hall–Kier alpha value is -2.46. The van der Waals surface area contributed by atoms with Crippen LogP contribution in [0.15, 0.2) is 60.9 Å². The van der Waals surface area contributed by atoms with Crippen LogP contribution in [0.4, 0.5) is 0 Å². The minimum absolute atomic E-state index is 0.114. The van der Waals surface area contributed by atoms with Crippen molar-refractivity contribution in [3.8, 4) is 0 Å². The standard InChI is InChI=1S/C17H17N3O/c21-17(15-8-4-10-18-12-15)19-20-11-5-9-16(13-20)14-6-2-1-3-7-14/h1-4,6-10,12H,5,11,13H2,(H,19,21). The molecule has 21 heavy (non-hydrogen) atoms. The van der Waals surface area contributed by atoms with Gasteiger partial charge in [0.1, 0.15) is 0 Å². The van der Waals surface area contributed by atoms with E-state index in [0.717, 1.165) is 19.5 Å². The number of rotatable bonds is 3. The van der Waals surface area contributed by atoms with Crippen LogP contribution < -0.4 is 5.43 Å². The number of benzene rings is 1. The summed E-state index contributed by atoms with van der Waals surface area (Å²) in [7, 11) is 0. The van der Waals surface area contributed by atoms with Gasteiger partial charge in [-0.2, -0.15) is 0 Å². The zero-order valence-corrected chi connectivity index (χ0v) is 11.7. The quantitative estimate of drug-likeness (QED) is 0.939. The molecule has 1 aromatic heterocycles. The number of hydrogen-bond donors (Lipinski definition) is 1. The van der Waals surface area contributed by atoms with Gasteiger partial charge in [-0.3, -0.25) is 15.2 Å². The number of aromatic nitrogens is 1. The molecule has 0 aliphatic carbocycles. The van der Waals surface area contributed by atoms with E-state index in [4.69, 9.17) is 0 Å². The zero-order chi connectivity index (χ0) is 14.5. The molecule has 4 nitrogen and oxygen atoms in total. The van der Waals surface area contributed by atoms with Crippen LogP contribution in [0, 0.1) is 0 Å². The lowest BCUT2D eigenvalue weighted by molar-refractivity contribution is 0.0808. The molecular formula is C17H17N3O. The highest BCUT2D eigenvalue weighted by Crippen LogP contribution is 2.19. The summed E-state index contributed by atoms with van der Waals surface area (Å²) in [6.07, 6.45) is 6.40. The van der Waals surface area contributed by atoms with E-state index in [2.05, 4.69) is 28.6 Å². The molecule has 0 unspecified atom stereocenters. The van der Waals surface area contributed by atoms with Crippen LogP contribution in [0.25, 0.3) is 5.57 Å². The van der Waals surface area contributed by atoms with E-state index in [0.29, 0.717) is 5.56 Å². The lowest BCUT2D eigenvalue weighted by atomic mass is 10.0. The van der Waals surface area contributed by atoms with Crippen LogP contribution in [0.2, 0.25) is 0 Å². The van der Waals surface area contributed by atoms with Gasteiger partial charge in [-0.25, -0.2) is 5.01 Å². The summed E-state index contributed by atoms with van der Waals surface area (Å²) >= 11 is 0. The third kappa shape index (κ3) is 3.35. The van der Waals surface area contributed by atoms with E-state index >= 15 is 0 Å². The fourth-order valence-corrected chi connectivity index (χ4v) is 2.41. The smallest absolute Gasteiger partial charge is 0.267 e. The van der Waals surface area contributed by atoms with Crippen molar-refractivity contribution in [3.05, 3.63) is 72.1 Å². The fraction of sp³-hybridized carbons (Fsp3) is 0.176. The van der Waals surface area contributed by atoms with Gasteiger partial charge in [0.15, 0.2) is 0 Å². The van der Waals surface area contributed by atoms with Gasteiger partial charge in [0.25, 0.3) is 5.91 Å². The van der Waals surface area contributed by atoms with Crippen LogP contribution in [0.3, 0.4) is 0 Å². The summed E-state index contributed by atoms with van der Waals surface area (Å²) in [5.74, 6) is -0.114. The molecule has 0 bridgehead atoms. The highest BCUT2D eigenvalue weighted by molar-refractivity contribution is 5.93. The summed E-state index contributed by atoms with van der Waals surface area (Å²) in [5.41, 5.74) is 5.98. The van der Waals surface area contributed by atoms with Crippen molar-refractivity contribution in [2.75, 3.05) is 13.1 Å². The largest absolute Gasteiger partial charge is 0.284 e. The summed E-state index contributed by atoms with van der Waals surface area (Å²) in [5, 5.41) is 1.96. The first kappa shape index (κ1) is 13.5. The van der Waals surface area contributed by atoms with E-state index in [9.17, 15) is 4.79 Å². The predicted molar refractivity (Wildman–Crippen MR) is 82.3 cm³/mol. The topological polar surface area (TPSA) is 45.2 Å². The van der Waals surface area contributed by atoms with Gasteiger partial charge in [-0.1, -0.05) is 36.4 Å².